The van der Waals surface area contributed by atoms with Crippen molar-refractivity contribution < 1.29 is 22.7 Å². The maximum atomic E-state index is 13.7. The fourth-order valence-electron chi connectivity index (χ4n) is 6.57. The zero-order valence-electron chi connectivity index (χ0n) is 27.8. The summed E-state index contributed by atoms with van der Waals surface area (Å²) >= 11 is 8.27. The Hall–Kier alpha value is -3.92. The van der Waals surface area contributed by atoms with Crippen LogP contribution >= 0.6 is 23.4 Å². The molecule has 1 aliphatic heterocycles. The highest BCUT2D eigenvalue weighted by Crippen LogP contribution is 2.37. The summed E-state index contributed by atoms with van der Waals surface area (Å²) < 4.78 is 49.5. The molecule has 0 aliphatic carbocycles. The van der Waals surface area contributed by atoms with Crippen LogP contribution < -0.4 is 4.74 Å². The monoisotopic (exact) mass is 719 g/mol. The van der Waals surface area contributed by atoms with Crippen molar-refractivity contribution in [3.8, 4) is 5.75 Å². The van der Waals surface area contributed by atoms with Gasteiger partial charge in [0, 0.05) is 55.2 Å². The molecule has 262 valence electrons. The number of halogens is 4. The van der Waals surface area contributed by atoms with Crippen LogP contribution in [0, 0.1) is 0 Å². The first kappa shape index (κ1) is 35.9. The van der Waals surface area contributed by atoms with E-state index in [1.54, 1.807) is 6.07 Å². The minimum absolute atomic E-state index is 0.0144. The van der Waals surface area contributed by atoms with E-state index in [-0.39, 0.29) is 23.4 Å². The summed E-state index contributed by atoms with van der Waals surface area (Å²) in [6.07, 6.45) is -1.07. The standard InChI is InChI=1S/C40H41ClF3N3O2S/c41-39-32(15-9-16-35(39)40(42,43)44)27-45(28-34(30-11-3-1-4-12-30)31-13-5-2-6-14-31)20-7-8-24-49-37-18-10-17-36-33(37)19-21-47(36)29-38(48)46-22-25-50-26-23-46/h1-6,9-19,21,34H,7-8,20,22-29H2. The number of ether oxygens (including phenoxy) is 1. The van der Waals surface area contributed by atoms with Gasteiger partial charge in [-0.15, -0.1) is 0 Å². The number of unbranched alkanes of at least 4 members (excludes halogenated alkanes) is 1. The Morgan fingerprint density at radius 3 is 2.22 bits per heavy atom. The number of nitrogens with zero attached hydrogens (tertiary/aromatic N) is 3. The quantitative estimate of drug-likeness (QED) is 0.107. The van der Waals surface area contributed by atoms with Gasteiger partial charge < -0.3 is 14.2 Å². The Kier molecular flexibility index (Phi) is 12.1. The van der Waals surface area contributed by atoms with Crippen LogP contribution in [0.3, 0.4) is 0 Å². The fourth-order valence-corrected chi connectivity index (χ4v) is 7.76. The van der Waals surface area contributed by atoms with Gasteiger partial charge in [-0.05, 0) is 60.3 Å². The van der Waals surface area contributed by atoms with E-state index in [1.165, 1.54) is 6.07 Å². The smallest absolute Gasteiger partial charge is 0.417 e. The molecule has 0 bridgehead atoms. The van der Waals surface area contributed by atoms with E-state index in [1.807, 2.05) is 88.1 Å². The fraction of sp³-hybridized carbons (Fsp3) is 0.325. The first-order valence-electron chi connectivity index (χ1n) is 17.0. The number of hydrogen-bond acceptors (Lipinski definition) is 4. The first-order chi connectivity index (χ1) is 24.3. The van der Waals surface area contributed by atoms with Crippen molar-refractivity contribution in [2.24, 2.45) is 0 Å². The minimum Gasteiger partial charge on any atom is -0.493 e. The van der Waals surface area contributed by atoms with Gasteiger partial charge in [0.25, 0.3) is 0 Å². The molecular formula is C40H41ClF3N3O2S. The van der Waals surface area contributed by atoms with Crippen LogP contribution in [0.2, 0.25) is 5.02 Å². The number of hydrogen-bond donors (Lipinski definition) is 0. The van der Waals surface area contributed by atoms with Crippen LogP contribution in [0.1, 0.15) is 41.0 Å². The Labute approximate surface area is 301 Å². The summed E-state index contributed by atoms with van der Waals surface area (Å²) in [5.41, 5.74) is 2.87. The molecule has 1 amide bonds. The highest BCUT2D eigenvalue weighted by atomic mass is 35.5. The van der Waals surface area contributed by atoms with E-state index in [9.17, 15) is 18.0 Å². The molecule has 2 heterocycles. The Morgan fingerprint density at radius 1 is 0.860 bits per heavy atom. The second-order valence-corrected chi connectivity index (χ2v) is 14.2. The predicted octanol–water partition coefficient (Wildman–Crippen LogP) is 9.38. The number of amides is 1. The Balaban J connectivity index is 1.13. The third kappa shape index (κ3) is 9.05. The van der Waals surface area contributed by atoms with Gasteiger partial charge in [0.05, 0.1) is 22.7 Å². The Morgan fingerprint density at radius 2 is 1.54 bits per heavy atom. The normalized spacial score (nSPS) is 13.8. The number of alkyl halides is 3. The average Bonchev–Trinajstić information content (AvgIpc) is 3.54. The van der Waals surface area contributed by atoms with Gasteiger partial charge in [0.1, 0.15) is 12.3 Å². The van der Waals surface area contributed by atoms with Crippen molar-refractivity contribution in [2.75, 3.05) is 44.3 Å². The molecule has 1 aromatic heterocycles. The van der Waals surface area contributed by atoms with Crippen molar-refractivity contribution in [2.45, 2.75) is 38.0 Å². The topological polar surface area (TPSA) is 37.7 Å². The molecule has 1 fully saturated rings. The molecule has 50 heavy (non-hydrogen) atoms. The summed E-state index contributed by atoms with van der Waals surface area (Å²) in [5, 5.41) is 0.713. The maximum absolute atomic E-state index is 13.7. The third-order valence-corrected chi connectivity index (χ3v) is 10.6. The minimum atomic E-state index is -4.53. The van der Waals surface area contributed by atoms with Gasteiger partial charge in [-0.3, -0.25) is 9.69 Å². The number of aromatic nitrogens is 1. The summed E-state index contributed by atoms with van der Waals surface area (Å²) in [5.74, 6) is 2.87. The summed E-state index contributed by atoms with van der Waals surface area (Å²) in [4.78, 5) is 17.1. The highest BCUT2D eigenvalue weighted by Gasteiger charge is 2.34. The zero-order chi connectivity index (χ0) is 34.9. The van der Waals surface area contributed by atoms with Gasteiger partial charge in [-0.25, -0.2) is 0 Å². The number of rotatable bonds is 14. The van der Waals surface area contributed by atoms with Gasteiger partial charge in [-0.1, -0.05) is 90.5 Å². The molecule has 1 saturated heterocycles. The molecule has 0 atom stereocenters. The predicted molar refractivity (Wildman–Crippen MR) is 197 cm³/mol. The largest absolute Gasteiger partial charge is 0.493 e. The SMILES string of the molecule is O=C(Cn1ccc2c(OCCCCN(Cc3cccc(C(F)(F)F)c3Cl)CC(c3ccccc3)c3ccccc3)cccc21)N1CCSCC1. The maximum Gasteiger partial charge on any atom is 0.417 e. The molecule has 0 unspecified atom stereocenters. The van der Waals surface area contributed by atoms with Crippen molar-refractivity contribution in [3.05, 3.63) is 137 Å². The molecule has 0 saturated carbocycles. The molecule has 0 N–H and O–H groups in total. The number of carbonyl (C=O) groups excluding carboxylic acids is 1. The van der Waals surface area contributed by atoms with Gasteiger partial charge >= 0.3 is 6.18 Å². The van der Waals surface area contributed by atoms with Crippen molar-refractivity contribution in [1.82, 2.24) is 14.4 Å². The first-order valence-corrected chi connectivity index (χ1v) is 18.5. The molecule has 4 aromatic carbocycles. The van der Waals surface area contributed by atoms with E-state index in [2.05, 4.69) is 29.2 Å². The van der Waals surface area contributed by atoms with E-state index >= 15 is 0 Å². The third-order valence-electron chi connectivity index (χ3n) is 9.19. The van der Waals surface area contributed by atoms with Crippen LogP contribution in [0.4, 0.5) is 13.2 Å². The van der Waals surface area contributed by atoms with Crippen LogP contribution in [0.5, 0.6) is 5.75 Å². The zero-order valence-corrected chi connectivity index (χ0v) is 29.4. The lowest BCUT2D eigenvalue weighted by atomic mass is 9.90. The van der Waals surface area contributed by atoms with Crippen LogP contribution in [0.25, 0.3) is 10.9 Å². The lowest BCUT2D eigenvalue weighted by molar-refractivity contribution is -0.137. The van der Waals surface area contributed by atoms with Gasteiger partial charge in [0.2, 0.25) is 5.91 Å². The molecule has 1 aliphatic rings. The van der Waals surface area contributed by atoms with E-state index in [0.717, 1.165) is 71.3 Å². The van der Waals surface area contributed by atoms with E-state index in [0.29, 0.717) is 31.8 Å². The van der Waals surface area contributed by atoms with Gasteiger partial charge in [-0.2, -0.15) is 24.9 Å². The number of fused-ring (bicyclic) bond motifs is 1. The molecule has 0 spiro atoms. The van der Waals surface area contributed by atoms with E-state index < -0.39 is 11.7 Å². The number of carbonyl (C=O) groups is 1. The highest BCUT2D eigenvalue weighted by molar-refractivity contribution is 7.99. The van der Waals surface area contributed by atoms with Crippen LogP contribution in [-0.4, -0.2) is 64.6 Å². The van der Waals surface area contributed by atoms with Crippen LogP contribution in [-0.2, 0) is 24.1 Å². The summed E-state index contributed by atoms with van der Waals surface area (Å²) in [6.45, 7) is 3.89. The lowest BCUT2D eigenvalue weighted by Gasteiger charge is -2.29. The molecule has 5 nitrogen and oxygen atoms in total. The van der Waals surface area contributed by atoms with Crippen molar-refractivity contribution in [1.29, 1.82) is 0 Å². The van der Waals surface area contributed by atoms with Gasteiger partial charge in [0.15, 0.2) is 0 Å². The van der Waals surface area contributed by atoms with Crippen molar-refractivity contribution >= 4 is 40.2 Å². The van der Waals surface area contributed by atoms with Crippen LogP contribution in [0.15, 0.2) is 109 Å². The average molecular weight is 720 g/mol. The summed E-state index contributed by atoms with van der Waals surface area (Å²) in [6, 6.07) is 32.4. The number of benzene rings is 4. The van der Waals surface area contributed by atoms with E-state index in [4.69, 9.17) is 16.3 Å². The summed E-state index contributed by atoms with van der Waals surface area (Å²) in [7, 11) is 0. The second-order valence-electron chi connectivity index (χ2n) is 12.6. The Bertz CT molecular complexity index is 1810. The molecule has 5 aromatic rings. The number of thioether (sulfide) groups is 1. The molecular weight excluding hydrogens is 679 g/mol. The van der Waals surface area contributed by atoms with Crippen molar-refractivity contribution in [3.63, 3.8) is 0 Å². The second kappa shape index (κ2) is 16.9. The molecule has 10 heteroatoms. The lowest BCUT2D eigenvalue weighted by Crippen LogP contribution is -2.39. The molecule has 0 radical (unpaired) electrons. The molecule has 6 rings (SSSR count).